The molecule has 2 aliphatic rings. The zero-order valence-electron chi connectivity index (χ0n) is 20.8. The van der Waals surface area contributed by atoms with Gasteiger partial charge in [0.05, 0.1) is 17.1 Å². The number of fused-ring (bicyclic) bond motifs is 2. The highest BCUT2D eigenvalue weighted by Crippen LogP contribution is 2.36. The van der Waals surface area contributed by atoms with Gasteiger partial charge in [-0.25, -0.2) is 4.98 Å². The lowest BCUT2D eigenvalue weighted by Crippen LogP contribution is -2.41. The van der Waals surface area contributed by atoms with Gasteiger partial charge in [-0.2, -0.15) is 0 Å². The SMILES string of the molecule is CC(C)c1cnc2c(c1)N(C(C)CCC(C)c1ccc3c(c1)N(C(C)C)CCN3)CCN2. The van der Waals surface area contributed by atoms with Crippen LogP contribution in [-0.2, 0) is 0 Å². The fourth-order valence-electron chi connectivity index (χ4n) is 5.04. The van der Waals surface area contributed by atoms with Crippen molar-refractivity contribution < 1.29 is 0 Å². The van der Waals surface area contributed by atoms with Gasteiger partial charge in [-0.3, -0.25) is 0 Å². The average molecular weight is 436 g/mol. The van der Waals surface area contributed by atoms with Gasteiger partial charge in [0.25, 0.3) is 0 Å². The molecule has 4 rings (SSSR count). The number of benzene rings is 1. The molecule has 0 bridgehead atoms. The highest BCUT2D eigenvalue weighted by molar-refractivity contribution is 5.73. The number of hydrogen-bond donors (Lipinski definition) is 2. The normalized spacial score (nSPS) is 17.5. The summed E-state index contributed by atoms with van der Waals surface area (Å²) in [5, 5.41) is 7.05. The summed E-state index contributed by atoms with van der Waals surface area (Å²) in [5.41, 5.74) is 6.69. The van der Waals surface area contributed by atoms with Crippen LogP contribution in [-0.4, -0.2) is 43.2 Å². The van der Waals surface area contributed by atoms with E-state index in [4.69, 9.17) is 4.98 Å². The molecule has 2 aromatic rings. The van der Waals surface area contributed by atoms with Gasteiger partial charge in [-0.05, 0) is 74.8 Å². The number of nitrogens with zero attached hydrogens (tertiary/aromatic N) is 3. The minimum absolute atomic E-state index is 0.494. The molecule has 0 saturated carbocycles. The van der Waals surface area contributed by atoms with Gasteiger partial charge in [0.15, 0.2) is 0 Å². The summed E-state index contributed by atoms with van der Waals surface area (Å²) in [7, 11) is 0. The Balaban J connectivity index is 1.45. The second-order valence-corrected chi connectivity index (χ2v) is 10.2. The van der Waals surface area contributed by atoms with Crippen LogP contribution in [0.4, 0.5) is 22.9 Å². The number of nitrogens with one attached hydrogen (secondary N) is 2. The Bertz CT molecular complexity index is 922. The molecule has 0 amide bonds. The van der Waals surface area contributed by atoms with Gasteiger partial charge in [0, 0.05) is 44.5 Å². The molecule has 174 valence electrons. The van der Waals surface area contributed by atoms with Crippen LogP contribution in [0, 0.1) is 0 Å². The van der Waals surface area contributed by atoms with Crippen molar-refractivity contribution in [3.63, 3.8) is 0 Å². The third-order valence-corrected chi connectivity index (χ3v) is 7.25. The molecule has 5 nitrogen and oxygen atoms in total. The molecule has 0 fully saturated rings. The van der Waals surface area contributed by atoms with Crippen LogP contribution in [0.3, 0.4) is 0 Å². The van der Waals surface area contributed by atoms with Crippen molar-refractivity contribution in [2.45, 2.75) is 78.3 Å². The molecule has 2 aliphatic heterocycles. The lowest BCUT2D eigenvalue weighted by atomic mass is 9.92. The zero-order chi connectivity index (χ0) is 22.8. The largest absolute Gasteiger partial charge is 0.382 e. The third-order valence-electron chi connectivity index (χ3n) is 7.25. The van der Waals surface area contributed by atoms with E-state index in [1.54, 1.807) is 0 Å². The predicted octanol–water partition coefficient (Wildman–Crippen LogP) is 6.05. The van der Waals surface area contributed by atoms with Crippen LogP contribution in [0.2, 0.25) is 0 Å². The van der Waals surface area contributed by atoms with Crippen molar-refractivity contribution in [3.05, 3.63) is 41.6 Å². The average Bonchev–Trinajstić information content (AvgIpc) is 2.80. The van der Waals surface area contributed by atoms with Crippen molar-refractivity contribution in [2.75, 3.05) is 46.6 Å². The third kappa shape index (κ3) is 4.67. The Kier molecular flexibility index (Phi) is 6.82. The molecule has 32 heavy (non-hydrogen) atoms. The topological polar surface area (TPSA) is 43.4 Å². The Morgan fingerprint density at radius 3 is 2.31 bits per heavy atom. The highest BCUT2D eigenvalue weighted by atomic mass is 15.2. The smallest absolute Gasteiger partial charge is 0.149 e. The maximum absolute atomic E-state index is 4.71. The summed E-state index contributed by atoms with van der Waals surface area (Å²) in [6.45, 7) is 17.9. The fourth-order valence-corrected chi connectivity index (χ4v) is 5.04. The van der Waals surface area contributed by atoms with E-state index in [-0.39, 0.29) is 0 Å². The van der Waals surface area contributed by atoms with E-state index >= 15 is 0 Å². The maximum atomic E-state index is 4.71. The lowest BCUT2D eigenvalue weighted by Gasteiger charge is -2.37. The van der Waals surface area contributed by atoms with Crippen molar-refractivity contribution in [2.24, 2.45) is 0 Å². The predicted molar refractivity (Wildman–Crippen MR) is 139 cm³/mol. The summed E-state index contributed by atoms with van der Waals surface area (Å²) in [5.74, 6) is 2.08. The van der Waals surface area contributed by atoms with Crippen LogP contribution in [0.5, 0.6) is 0 Å². The maximum Gasteiger partial charge on any atom is 0.149 e. The molecular formula is C27H41N5. The Morgan fingerprint density at radius 1 is 0.844 bits per heavy atom. The fraction of sp³-hybridized carbons (Fsp3) is 0.593. The molecule has 0 spiro atoms. The van der Waals surface area contributed by atoms with Crippen molar-refractivity contribution in [1.82, 2.24) is 4.98 Å². The van der Waals surface area contributed by atoms with Gasteiger partial charge < -0.3 is 20.4 Å². The molecule has 3 heterocycles. The van der Waals surface area contributed by atoms with Gasteiger partial charge >= 0.3 is 0 Å². The van der Waals surface area contributed by atoms with E-state index < -0.39 is 0 Å². The molecule has 0 aliphatic carbocycles. The molecule has 2 N–H and O–H groups in total. The van der Waals surface area contributed by atoms with E-state index in [9.17, 15) is 0 Å². The zero-order valence-corrected chi connectivity index (χ0v) is 20.8. The number of anilines is 4. The van der Waals surface area contributed by atoms with E-state index in [2.05, 4.69) is 86.2 Å². The van der Waals surface area contributed by atoms with Gasteiger partial charge in [-0.15, -0.1) is 0 Å². The van der Waals surface area contributed by atoms with Gasteiger partial charge in [0.2, 0.25) is 0 Å². The molecule has 1 aromatic carbocycles. The second kappa shape index (κ2) is 9.60. The van der Waals surface area contributed by atoms with Crippen LogP contribution in [0.25, 0.3) is 0 Å². The number of rotatable bonds is 7. The van der Waals surface area contributed by atoms with Crippen LogP contribution < -0.4 is 20.4 Å². The van der Waals surface area contributed by atoms with E-state index in [0.717, 1.165) is 32.0 Å². The Morgan fingerprint density at radius 2 is 1.56 bits per heavy atom. The quantitative estimate of drug-likeness (QED) is 0.554. The van der Waals surface area contributed by atoms with Crippen LogP contribution in [0.15, 0.2) is 30.5 Å². The van der Waals surface area contributed by atoms with E-state index in [1.807, 2.05) is 6.20 Å². The monoisotopic (exact) mass is 435 g/mol. The molecular weight excluding hydrogens is 394 g/mol. The van der Waals surface area contributed by atoms with Crippen molar-refractivity contribution >= 4 is 22.9 Å². The molecule has 2 unspecified atom stereocenters. The highest BCUT2D eigenvalue weighted by Gasteiger charge is 2.24. The lowest BCUT2D eigenvalue weighted by molar-refractivity contribution is 0.529. The molecule has 2 atom stereocenters. The first-order chi connectivity index (χ1) is 15.3. The Hall–Kier alpha value is -2.43. The van der Waals surface area contributed by atoms with Crippen molar-refractivity contribution in [1.29, 1.82) is 0 Å². The molecule has 1 aromatic heterocycles. The summed E-state index contributed by atoms with van der Waals surface area (Å²) in [4.78, 5) is 9.81. The summed E-state index contributed by atoms with van der Waals surface area (Å²) in [6.07, 6.45) is 4.39. The first kappa shape index (κ1) is 22.8. The standard InChI is InChI=1S/C27H41N5/c1-18(2)23-16-26-27(30-17-23)29-12-14-32(26)21(6)8-7-20(5)22-9-10-24-25(15-22)31(19(3)4)13-11-28-24/h9-10,15-21,28H,7-8,11-14H2,1-6H3,(H,29,30). The first-order valence-corrected chi connectivity index (χ1v) is 12.5. The minimum Gasteiger partial charge on any atom is -0.382 e. The molecule has 0 radical (unpaired) electrons. The molecule has 5 heteroatoms. The molecule has 0 saturated heterocycles. The van der Waals surface area contributed by atoms with E-state index in [1.165, 1.54) is 41.0 Å². The minimum atomic E-state index is 0.494. The Labute approximate surface area is 194 Å². The van der Waals surface area contributed by atoms with Gasteiger partial charge in [0.1, 0.15) is 5.82 Å². The number of hydrogen-bond acceptors (Lipinski definition) is 5. The van der Waals surface area contributed by atoms with Gasteiger partial charge in [-0.1, -0.05) is 26.8 Å². The summed E-state index contributed by atoms with van der Waals surface area (Å²) < 4.78 is 0. The van der Waals surface area contributed by atoms with Crippen molar-refractivity contribution in [3.8, 4) is 0 Å². The number of pyridine rings is 1. The van der Waals surface area contributed by atoms with E-state index in [0.29, 0.717) is 23.9 Å². The van der Waals surface area contributed by atoms with Crippen LogP contribution >= 0.6 is 0 Å². The van der Waals surface area contributed by atoms with Crippen LogP contribution in [0.1, 0.15) is 77.3 Å². The first-order valence-electron chi connectivity index (χ1n) is 12.5. The summed E-state index contributed by atoms with van der Waals surface area (Å²) >= 11 is 0. The second-order valence-electron chi connectivity index (χ2n) is 10.2. The number of aromatic nitrogens is 1. The summed E-state index contributed by atoms with van der Waals surface area (Å²) in [6, 6.07) is 10.4.